The van der Waals surface area contributed by atoms with Crippen molar-refractivity contribution >= 4 is 21.7 Å². The Bertz CT molecular complexity index is 1560. The number of hydrogen-bond acceptors (Lipinski definition) is 3. The first-order valence-electron chi connectivity index (χ1n) is 10.3. The second-order valence-electron chi connectivity index (χ2n) is 7.95. The second kappa shape index (κ2) is 7.36. The van der Waals surface area contributed by atoms with Crippen molar-refractivity contribution in [1.82, 2.24) is 14.5 Å². The Kier molecular flexibility index (Phi) is 4.51. The van der Waals surface area contributed by atoms with E-state index in [0.29, 0.717) is 22.5 Å². The van der Waals surface area contributed by atoms with Crippen LogP contribution >= 0.6 is 0 Å². The highest BCUT2D eigenvalue weighted by Gasteiger charge is 2.14. The molecule has 0 aliphatic rings. The van der Waals surface area contributed by atoms with E-state index in [0.717, 1.165) is 21.9 Å². The van der Waals surface area contributed by atoms with Gasteiger partial charge in [-0.1, -0.05) is 68.4 Å². The maximum absolute atomic E-state index is 13.3. The first-order chi connectivity index (χ1) is 15.0. The minimum Gasteiger partial charge on any atom is -0.306 e. The van der Waals surface area contributed by atoms with Gasteiger partial charge in [-0.2, -0.15) is 0 Å². The molecule has 3 aromatic carbocycles. The van der Waals surface area contributed by atoms with Crippen LogP contribution < -0.4 is 11.2 Å². The van der Waals surface area contributed by atoms with Crippen LogP contribution in [0, 0.1) is 0 Å². The lowest BCUT2D eigenvalue weighted by atomic mass is 9.92. The molecule has 0 saturated carbocycles. The van der Waals surface area contributed by atoms with Gasteiger partial charge in [-0.05, 0) is 34.7 Å². The van der Waals surface area contributed by atoms with E-state index in [1.165, 1.54) is 10.1 Å². The summed E-state index contributed by atoms with van der Waals surface area (Å²) in [5, 5.41) is 2.12. The van der Waals surface area contributed by atoms with Crippen LogP contribution in [0.5, 0.6) is 0 Å². The van der Waals surface area contributed by atoms with Gasteiger partial charge in [0.1, 0.15) is 0 Å². The molecule has 2 heterocycles. The number of hydrogen-bond donors (Lipinski definition) is 1. The van der Waals surface area contributed by atoms with Gasteiger partial charge < -0.3 is 4.98 Å². The molecule has 0 atom stereocenters. The molecule has 0 amide bonds. The molecule has 5 rings (SSSR count). The third kappa shape index (κ3) is 3.15. The minimum absolute atomic E-state index is 0.359. The van der Waals surface area contributed by atoms with Crippen LogP contribution in [0.3, 0.4) is 0 Å². The molecule has 0 aliphatic carbocycles. The van der Waals surface area contributed by atoms with E-state index in [-0.39, 0.29) is 5.56 Å². The van der Waals surface area contributed by atoms with Crippen LogP contribution in [-0.4, -0.2) is 14.5 Å². The average molecular weight is 407 g/mol. The van der Waals surface area contributed by atoms with E-state index >= 15 is 0 Å². The summed E-state index contributed by atoms with van der Waals surface area (Å²) in [6.07, 6.45) is 3.27. The zero-order chi connectivity index (χ0) is 21.5. The molecule has 0 unspecified atom stereocenters. The normalized spacial score (nSPS) is 11.5. The van der Waals surface area contributed by atoms with E-state index < -0.39 is 5.69 Å². The molecule has 2 aromatic heterocycles. The fourth-order valence-electron chi connectivity index (χ4n) is 4.15. The van der Waals surface area contributed by atoms with E-state index in [2.05, 4.69) is 35.9 Å². The summed E-state index contributed by atoms with van der Waals surface area (Å²) in [6, 6.07) is 21.4. The molecule has 0 bridgehead atoms. The van der Waals surface area contributed by atoms with Gasteiger partial charge in [-0.25, -0.2) is 9.36 Å². The minimum atomic E-state index is -0.482. The van der Waals surface area contributed by atoms with Crippen molar-refractivity contribution < 1.29 is 0 Å². The third-order valence-corrected chi connectivity index (χ3v) is 5.68. The number of nitrogens with zero attached hydrogens (tertiary/aromatic N) is 2. The van der Waals surface area contributed by atoms with Gasteiger partial charge in [0.25, 0.3) is 5.56 Å². The molecular formula is C26H21N3O2. The summed E-state index contributed by atoms with van der Waals surface area (Å²) >= 11 is 0. The van der Waals surface area contributed by atoms with Crippen molar-refractivity contribution in [3.63, 3.8) is 0 Å². The Hall–Kier alpha value is -3.99. The fourth-order valence-corrected chi connectivity index (χ4v) is 4.15. The van der Waals surface area contributed by atoms with Crippen molar-refractivity contribution in [2.45, 2.75) is 19.8 Å². The van der Waals surface area contributed by atoms with Crippen LogP contribution in [0.4, 0.5) is 0 Å². The summed E-state index contributed by atoms with van der Waals surface area (Å²) < 4.78 is 1.17. The smallest absolute Gasteiger partial charge is 0.306 e. The predicted octanol–water partition coefficient (Wildman–Crippen LogP) is 5.02. The first-order valence-corrected chi connectivity index (χ1v) is 10.3. The van der Waals surface area contributed by atoms with Crippen LogP contribution in [0.15, 0.2) is 88.7 Å². The van der Waals surface area contributed by atoms with Gasteiger partial charge in [0.15, 0.2) is 0 Å². The number of aromatic amines is 1. The number of nitrogens with one attached hydrogen (secondary N) is 1. The Balaban J connectivity index is 1.75. The molecule has 0 saturated heterocycles. The van der Waals surface area contributed by atoms with Gasteiger partial charge in [0, 0.05) is 17.0 Å². The standard InChI is InChI=1S/C26H21N3O2/c1-16(2)19-8-5-6-9-20(19)17-11-12-22-23(13-17)28-26(31)29(25(22)30)24-15-27-14-18-7-3-4-10-21(18)24/h3-16H,1-2H3,(H,28,31). The maximum atomic E-state index is 13.3. The summed E-state index contributed by atoms with van der Waals surface area (Å²) in [6.45, 7) is 4.30. The Morgan fingerprint density at radius 1 is 0.871 bits per heavy atom. The molecule has 152 valence electrons. The molecular weight excluding hydrogens is 386 g/mol. The zero-order valence-corrected chi connectivity index (χ0v) is 17.3. The summed E-state index contributed by atoms with van der Waals surface area (Å²) in [5.41, 5.74) is 3.44. The van der Waals surface area contributed by atoms with Crippen LogP contribution in [0.1, 0.15) is 25.3 Å². The largest absolute Gasteiger partial charge is 0.333 e. The van der Waals surface area contributed by atoms with Crippen molar-refractivity contribution in [2.75, 3.05) is 0 Å². The molecule has 0 spiro atoms. The van der Waals surface area contributed by atoms with E-state index in [1.807, 2.05) is 48.5 Å². The number of fused-ring (bicyclic) bond motifs is 2. The summed E-state index contributed by atoms with van der Waals surface area (Å²) in [7, 11) is 0. The highest BCUT2D eigenvalue weighted by Crippen LogP contribution is 2.30. The van der Waals surface area contributed by atoms with E-state index in [1.54, 1.807) is 18.5 Å². The lowest BCUT2D eigenvalue weighted by Crippen LogP contribution is -2.33. The number of pyridine rings is 1. The molecule has 5 heteroatoms. The molecule has 0 aliphatic heterocycles. The molecule has 5 aromatic rings. The quantitative estimate of drug-likeness (QED) is 0.457. The molecule has 0 fully saturated rings. The lowest BCUT2D eigenvalue weighted by molar-refractivity contribution is 0.869. The van der Waals surface area contributed by atoms with Crippen molar-refractivity contribution in [2.24, 2.45) is 0 Å². The van der Waals surface area contributed by atoms with Gasteiger partial charge in [-0.15, -0.1) is 0 Å². The number of aromatic nitrogens is 3. The SMILES string of the molecule is CC(C)c1ccccc1-c1ccc2c(=O)n(-c3cncc4ccccc34)c(=O)[nH]c2c1. The van der Waals surface area contributed by atoms with Gasteiger partial charge in [0.2, 0.25) is 0 Å². The highest BCUT2D eigenvalue weighted by molar-refractivity contribution is 5.90. The van der Waals surface area contributed by atoms with Crippen LogP contribution in [0.2, 0.25) is 0 Å². The molecule has 31 heavy (non-hydrogen) atoms. The average Bonchev–Trinajstić information content (AvgIpc) is 2.79. The van der Waals surface area contributed by atoms with Gasteiger partial charge in [0.05, 0.1) is 22.8 Å². The van der Waals surface area contributed by atoms with E-state index in [9.17, 15) is 9.59 Å². The monoisotopic (exact) mass is 407 g/mol. The van der Waals surface area contributed by atoms with Crippen molar-refractivity contribution in [3.8, 4) is 16.8 Å². The predicted molar refractivity (Wildman–Crippen MR) is 125 cm³/mol. The molecule has 1 N–H and O–H groups in total. The Morgan fingerprint density at radius 3 is 2.48 bits per heavy atom. The second-order valence-corrected chi connectivity index (χ2v) is 7.95. The van der Waals surface area contributed by atoms with Crippen molar-refractivity contribution in [1.29, 1.82) is 0 Å². The third-order valence-electron chi connectivity index (χ3n) is 5.68. The molecule has 0 radical (unpaired) electrons. The van der Waals surface area contributed by atoms with Gasteiger partial charge in [-0.3, -0.25) is 9.78 Å². The van der Waals surface area contributed by atoms with Crippen LogP contribution in [-0.2, 0) is 0 Å². The Morgan fingerprint density at radius 2 is 1.65 bits per heavy atom. The van der Waals surface area contributed by atoms with E-state index in [4.69, 9.17) is 0 Å². The Labute approximate surface area is 178 Å². The van der Waals surface area contributed by atoms with Gasteiger partial charge >= 0.3 is 5.69 Å². The van der Waals surface area contributed by atoms with Crippen molar-refractivity contribution in [3.05, 3.63) is 106 Å². The highest BCUT2D eigenvalue weighted by atomic mass is 16.2. The number of benzene rings is 3. The summed E-state index contributed by atoms with van der Waals surface area (Å²) in [4.78, 5) is 33.5. The topological polar surface area (TPSA) is 67.8 Å². The molecule has 5 nitrogen and oxygen atoms in total. The number of H-pyrrole nitrogens is 1. The van der Waals surface area contributed by atoms with Crippen LogP contribution in [0.25, 0.3) is 38.5 Å². The fraction of sp³-hybridized carbons (Fsp3) is 0.115. The first kappa shape index (κ1) is 19.0. The lowest BCUT2D eigenvalue weighted by Gasteiger charge is -2.14. The summed E-state index contributed by atoms with van der Waals surface area (Å²) in [5.74, 6) is 0.359. The number of rotatable bonds is 3. The maximum Gasteiger partial charge on any atom is 0.333 e. The zero-order valence-electron chi connectivity index (χ0n) is 17.3.